The molecule has 0 unspecified atom stereocenters. The van der Waals surface area contributed by atoms with Gasteiger partial charge in [-0.2, -0.15) is 0 Å². The summed E-state index contributed by atoms with van der Waals surface area (Å²) >= 11 is 0. The maximum Gasteiger partial charge on any atom is 0.190 e. The Bertz CT molecular complexity index is 293. The van der Waals surface area contributed by atoms with E-state index in [1.165, 1.54) is 25.7 Å². The van der Waals surface area contributed by atoms with Crippen LogP contribution in [0.25, 0.3) is 0 Å². The molecule has 1 aliphatic rings. The molecule has 0 amide bonds. The molecule has 0 bridgehead atoms. The Morgan fingerprint density at radius 1 is 1.05 bits per heavy atom. The fourth-order valence-electron chi connectivity index (χ4n) is 2.81. The number of nitrogens with zero attached hydrogens (tertiary/aromatic N) is 2. The Balaban J connectivity index is 0.00000441. The highest BCUT2D eigenvalue weighted by Gasteiger charge is 2.20. The third kappa shape index (κ3) is 9.87. The molecular formula is C17H37IN4. The summed E-state index contributed by atoms with van der Waals surface area (Å²) in [7, 11) is 1.85. The Hall–Kier alpha value is -0.0400. The summed E-state index contributed by atoms with van der Waals surface area (Å²) < 4.78 is 0. The number of guanidine groups is 1. The van der Waals surface area contributed by atoms with Crippen molar-refractivity contribution in [3.05, 3.63) is 0 Å². The van der Waals surface area contributed by atoms with Gasteiger partial charge in [0.05, 0.1) is 0 Å². The monoisotopic (exact) mass is 424 g/mol. The number of halogens is 1. The van der Waals surface area contributed by atoms with Crippen LogP contribution in [0.15, 0.2) is 4.99 Å². The van der Waals surface area contributed by atoms with Crippen LogP contribution < -0.4 is 10.6 Å². The Labute approximate surface area is 154 Å². The van der Waals surface area contributed by atoms with Gasteiger partial charge < -0.3 is 10.6 Å². The lowest BCUT2D eigenvalue weighted by atomic mass is 10.2. The van der Waals surface area contributed by atoms with Gasteiger partial charge in [-0.3, -0.25) is 9.89 Å². The standard InChI is InChI=1S/C17H36N4.HI/c1-14(2)21(15(3)4)13-7-12-20-17(18-5)19-11-6-8-16-9-10-16;/h14-16H,6-13H2,1-5H3,(H2,18,19,20);1H. The summed E-state index contributed by atoms with van der Waals surface area (Å²) in [6.07, 6.45) is 6.70. The first kappa shape index (κ1) is 22.0. The third-order valence-corrected chi connectivity index (χ3v) is 4.21. The fourth-order valence-corrected chi connectivity index (χ4v) is 2.81. The van der Waals surface area contributed by atoms with E-state index >= 15 is 0 Å². The second-order valence-corrected chi connectivity index (χ2v) is 6.79. The largest absolute Gasteiger partial charge is 0.356 e. The summed E-state index contributed by atoms with van der Waals surface area (Å²) in [6.45, 7) is 12.3. The van der Waals surface area contributed by atoms with Gasteiger partial charge in [-0.05, 0) is 52.9 Å². The quantitative estimate of drug-likeness (QED) is 0.244. The maximum atomic E-state index is 4.29. The lowest BCUT2D eigenvalue weighted by molar-refractivity contribution is 0.173. The van der Waals surface area contributed by atoms with Crippen molar-refractivity contribution in [1.82, 2.24) is 15.5 Å². The van der Waals surface area contributed by atoms with Gasteiger partial charge in [-0.25, -0.2) is 0 Å². The highest BCUT2D eigenvalue weighted by Crippen LogP contribution is 2.33. The molecule has 2 N–H and O–H groups in total. The van der Waals surface area contributed by atoms with E-state index in [1.807, 2.05) is 7.05 Å². The highest BCUT2D eigenvalue weighted by molar-refractivity contribution is 14.0. The molecule has 1 rings (SSSR count). The molecule has 22 heavy (non-hydrogen) atoms. The normalized spacial score (nSPS) is 15.4. The van der Waals surface area contributed by atoms with Crippen molar-refractivity contribution in [3.63, 3.8) is 0 Å². The van der Waals surface area contributed by atoms with E-state index < -0.39 is 0 Å². The highest BCUT2D eigenvalue weighted by atomic mass is 127. The SMILES string of the molecule is CN=C(NCCCC1CC1)NCCCN(C(C)C)C(C)C.I. The lowest BCUT2D eigenvalue weighted by Crippen LogP contribution is -2.41. The first-order valence-electron chi connectivity index (χ1n) is 8.74. The molecule has 0 atom stereocenters. The molecule has 0 aliphatic heterocycles. The van der Waals surface area contributed by atoms with E-state index in [0.717, 1.165) is 37.9 Å². The van der Waals surface area contributed by atoms with Crippen LogP contribution in [0, 0.1) is 5.92 Å². The summed E-state index contributed by atoms with van der Waals surface area (Å²) in [5.74, 6) is 1.98. The van der Waals surface area contributed by atoms with Crippen molar-refractivity contribution in [1.29, 1.82) is 0 Å². The van der Waals surface area contributed by atoms with Crippen molar-refractivity contribution in [3.8, 4) is 0 Å². The number of hydrogen-bond acceptors (Lipinski definition) is 2. The molecule has 0 heterocycles. The number of hydrogen-bond donors (Lipinski definition) is 2. The summed E-state index contributed by atoms with van der Waals surface area (Å²) in [6, 6.07) is 1.23. The van der Waals surface area contributed by atoms with Gasteiger partial charge in [0.15, 0.2) is 5.96 Å². The van der Waals surface area contributed by atoms with E-state index in [0.29, 0.717) is 12.1 Å². The summed E-state index contributed by atoms with van der Waals surface area (Å²) in [4.78, 5) is 6.82. The molecule has 0 spiro atoms. The molecular weight excluding hydrogens is 387 g/mol. The van der Waals surface area contributed by atoms with Crippen molar-refractivity contribution < 1.29 is 0 Å². The van der Waals surface area contributed by atoms with E-state index in [2.05, 4.69) is 48.2 Å². The molecule has 132 valence electrons. The zero-order valence-electron chi connectivity index (χ0n) is 15.2. The topological polar surface area (TPSA) is 39.7 Å². The molecule has 0 aromatic heterocycles. The van der Waals surface area contributed by atoms with Crippen LogP contribution in [0.3, 0.4) is 0 Å². The van der Waals surface area contributed by atoms with Crippen LogP contribution >= 0.6 is 24.0 Å². The van der Waals surface area contributed by atoms with Gasteiger partial charge in [0.2, 0.25) is 0 Å². The molecule has 4 nitrogen and oxygen atoms in total. The zero-order valence-corrected chi connectivity index (χ0v) is 17.5. The molecule has 0 aromatic carbocycles. The minimum Gasteiger partial charge on any atom is -0.356 e. The molecule has 0 aromatic rings. The second-order valence-electron chi connectivity index (χ2n) is 6.79. The minimum absolute atomic E-state index is 0. The molecule has 1 saturated carbocycles. The van der Waals surface area contributed by atoms with E-state index in [4.69, 9.17) is 0 Å². The van der Waals surface area contributed by atoms with E-state index in [9.17, 15) is 0 Å². The molecule has 1 fully saturated rings. The zero-order chi connectivity index (χ0) is 15.7. The average molecular weight is 424 g/mol. The van der Waals surface area contributed by atoms with Crippen molar-refractivity contribution in [2.45, 2.75) is 71.9 Å². The van der Waals surface area contributed by atoms with Crippen LogP contribution in [0.4, 0.5) is 0 Å². The van der Waals surface area contributed by atoms with E-state index in [1.54, 1.807) is 0 Å². The number of aliphatic imine (C=N–C) groups is 1. The lowest BCUT2D eigenvalue weighted by Gasteiger charge is -2.30. The van der Waals surface area contributed by atoms with Gasteiger partial charge in [-0.15, -0.1) is 24.0 Å². The van der Waals surface area contributed by atoms with Crippen LogP contribution in [0.5, 0.6) is 0 Å². The molecule has 0 saturated heterocycles. The predicted octanol–water partition coefficient (Wildman–Crippen LogP) is 3.47. The molecule has 5 heteroatoms. The second kappa shape index (κ2) is 12.4. The maximum absolute atomic E-state index is 4.29. The number of rotatable bonds is 10. The van der Waals surface area contributed by atoms with Crippen molar-refractivity contribution >= 4 is 29.9 Å². The summed E-state index contributed by atoms with van der Waals surface area (Å²) in [5.41, 5.74) is 0. The molecule has 1 aliphatic carbocycles. The smallest absolute Gasteiger partial charge is 0.190 e. The Morgan fingerprint density at radius 3 is 2.05 bits per heavy atom. The minimum atomic E-state index is 0. The third-order valence-electron chi connectivity index (χ3n) is 4.21. The first-order chi connectivity index (χ1) is 10.0. The van der Waals surface area contributed by atoms with Gasteiger partial charge in [-0.1, -0.05) is 12.8 Å². The number of nitrogens with one attached hydrogen (secondary N) is 2. The van der Waals surface area contributed by atoms with Crippen molar-refractivity contribution in [2.75, 3.05) is 26.7 Å². The predicted molar refractivity (Wildman–Crippen MR) is 108 cm³/mol. The van der Waals surface area contributed by atoms with Crippen LogP contribution in [-0.2, 0) is 0 Å². The first-order valence-corrected chi connectivity index (χ1v) is 8.74. The van der Waals surface area contributed by atoms with Crippen molar-refractivity contribution in [2.24, 2.45) is 10.9 Å². The van der Waals surface area contributed by atoms with Gasteiger partial charge >= 0.3 is 0 Å². The van der Waals surface area contributed by atoms with Gasteiger partial charge in [0.1, 0.15) is 0 Å². The van der Waals surface area contributed by atoms with Crippen LogP contribution in [-0.4, -0.2) is 49.6 Å². The van der Waals surface area contributed by atoms with Crippen LogP contribution in [0.2, 0.25) is 0 Å². The van der Waals surface area contributed by atoms with Gasteiger partial charge in [0.25, 0.3) is 0 Å². The average Bonchev–Trinajstić information content (AvgIpc) is 3.24. The fraction of sp³-hybridized carbons (Fsp3) is 0.941. The van der Waals surface area contributed by atoms with Gasteiger partial charge in [0, 0.05) is 38.8 Å². The van der Waals surface area contributed by atoms with Crippen LogP contribution in [0.1, 0.15) is 59.8 Å². The Morgan fingerprint density at radius 2 is 1.59 bits per heavy atom. The summed E-state index contributed by atoms with van der Waals surface area (Å²) in [5, 5.41) is 6.83. The van der Waals surface area contributed by atoms with E-state index in [-0.39, 0.29) is 24.0 Å². The molecule has 0 radical (unpaired) electrons. The Kier molecular flexibility index (Phi) is 12.4.